The van der Waals surface area contributed by atoms with Gasteiger partial charge in [0.25, 0.3) is 10.0 Å². The minimum Gasteiger partial charge on any atom is -0.374 e. The molecule has 0 aliphatic carbocycles. The van der Waals surface area contributed by atoms with Gasteiger partial charge in [-0.1, -0.05) is 18.3 Å². The molecule has 20 heavy (non-hydrogen) atoms. The fraction of sp³-hybridized carbons (Fsp3) is 0.727. The quantitative estimate of drug-likeness (QED) is 0.780. The number of nitrogens with zero attached hydrogens (tertiary/aromatic N) is 1. The maximum absolute atomic E-state index is 12.1. The lowest BCUT2D eigenvalue weighted by molar-refractivity contribution is -0.0229. The Morgan fingerprint density at radius 3 is 2.90 bits per heavy atom. The standard InChI is InChI=1S/C11H19N3O4S2/c1-3-14-4-5-18-9(7-14)6-12-20(16,17)10-8(2)13-11(15)19-10/h9,12H,3-7H2,1-2H3,(H,13,15). The van der Waals surface area contributed by atoms with Gasteiger partial charge in [0.15, 0.2) is 4.21 Å². The molecule has 9 heteroatoms. The second-order valence-electron chi connectivity index (χ2n) is 4.66. The summed E-state index contributed by atoms with van der Waals surface area (Å²) in [7, 11) is -3.65. The monoisotopic (exact) mass is 321 g/mol. The number of likely N-dealkylation sites (N-methyl/N-ethyl adjacent to an activating group) is 1. The van der Waals surface area contributed by atoms with Crippen LogP contribution in [0.15, 0.2) is 9.00 Å². The molecular formula is C11H19N3O4S2. The number of morpholine rings is 1. The molecule has 1 aliphatic rings. The molecule has 0 aromatic carbocycles. The minimum atomic E-state index is -3.65. The predicted octanol–water partition coefficient (Wildman–Crippen LogP) is -0.256. The fourth-order valence-corrected chi connectivity index (χ4v) is 4.52. The van der Waals surface area contributed by atoms with E-state index in [1.165, 1.54) is 0 Å². The van der Waals surface area contributed by atoms with Gasteiger partial charge in [-0.2, -0.15) is 0 Å². The zero-order valence-corrected chi connectivity index (χ0v) is 13.1. The molecule has 1 atom stereocenters. The summed E-state index contributed by atoms with van der Waals surface area (Å²) in [4.78, 5) is 15.5. The van der Waals surface area contributed by atoms with Crippen molar-refractivity contribution in [1.29, 1.82) is 0 Å². The SMILES string of the molecule is CCN1CCOC(CNS(=O)(=O)c2sc(=O)[nH]c2C)C1. The smallest absolute Gasteiger partial charge is 0.305 e. The van der Waals surface area contributed by atoms with Crippen molar-refractivity contribution < 1.29 is 13.2 Å². The maximum atomic E-state index is 12.1. The first-order valence-corrected chi connectivity index (χ1v) is 8.75. The first-order chi connectivity index (χ1) is 9.42. The molecule has 2 rings (SSSR count). The van der Waals surface area contributed by atoms with Crippen LogP contribution in [-0.4, -0.2) is 57.2 Å². The highest BCUT2D eigenvalue weighted by Gasteiger charge is 2.24. The molecule has 0 spiro atoms. The van der Waals surface area contributed by atoms with Crippen molar-refractivity contribution in [3.05, 3.63) is 15.4 Å². The number of nitrogens with one attached hydrogen (secondary N) is 2. The Hall–Kier alpha value is -0.740. The predicted molar refractivity (Wildman–Crippen MR) is 76.7 cm³/mol. The lowest BCUT2D eigenvalue weighted by atomic mass is 10.3. The Bertz CT molecular complexity index is 607. The molecule has 2 heterocycles. The van der Waals surface area contributed by atoms with E-state index < -0.39 is 10.0 Å². The van der Waals surface area contributed by atoms with Gasteiger partial charge in [-0.15, -0.1) is 0 Å². The van der Waals surface area contributed by atoms with Crippen molar-refractivity contribution in [3.8, 4) is 0 Å². The molecule has 1 unspecified atom stereocenters. The normalized spacial score (nSPS) is 21.2. The Morgan fingerprint density at radius 1 is 1.55 bits per heavy atom. The number of aromatic nitrogens is 1. The van der Waals surface area contributed by atoms with Crippen molar-refractivity contribution in [2.45, 2.75) is 24.2 Å². The van der Waals surface area contributed by atoms with E-state index in [2.05, 4.69) is 21.5 Å². The number of aromatic amines is 1. The van der Waals surface area contributed by atoms with Gasteiger partial charge in [0, 0.05) is 25.3 Å². The number of hydrogen-bond donors (Lipinski definition) is 2. The lowest BCUT2D eigenvalue weighted by Gasteiger charge is -2.32. The number of aryl methyl sites for hydroxylation is 1. The molecule has 1 fully saturated rings. The number of hydrogen-bond acceptors (Lipinski definition) is 6. The van der Waals surface area contributed by atoms with Crippen molar-refractivity contribution >= 4 is 21.4 Å². The van der Waals surface area contributed by atoms with Crippen LogP contribution in [0.2, 0.25) is 0 Å². The summed E-state index contributed by atoms with van der Waals surface area (Å²) in [6.45, 7) is 6.96. The van der Waals surface area contributed by atoms with Crippen LogP contribution in [-0.2, 0) is 14.8 Å². The van der Waals surface area contributed by atoms with Crippen LogP contribution in [0.4, 0.5) is 0 Å². The highest BCUT2D eigenvalue weighted by molar-refractivity contribution is 7.91. The van der Waals surface area contributed by atoms with Crippen LogP contribution < -0.4 is 9.60 Å². The van der Waals surface area contributed by atoms with Crippen LogP contribution in [0.1, 0.15) is 12.6 Å². The van der Waals surface area contributed by atoms with Gasteiger partial charge in [0.2, 0.25) is 0 Å². The topological polar surface area (TPSA) is 91.5 Å². The van der Waals surface area contributed by atoms with Crippen LogP contribution in [0.25, 0.3) is 0 Å². The first kappa shape index (κ1) is 15.6. The van der Waals surface area contributed by atoms with E-state index in [4.69, 9.17) is 4.74 Å². The van der Waals surface area contributed by atoms with E-state index in [1.54, 1.807) is 6.92 Å². The summed E-state index contributed by atoms with van der Waals surface area (Å²) in [6, 6.07) is 0. The van der Waals surface area contributed by atoms with E-state index in [0.717, 1.165) is 13.1 Å². The molecule has 114 valence electrons. The van der Waals surface area contributed by atoms with E-state index in [1.807, 2.05) is 0 Å². The summed E-state index contributed by atoms with van der Waals surface area (Å²) < 4.78 is 32.4. The van der Waals surface area contributed by atoms with Gasteiger partial charge < -0.3 is 9.72 Å². The minimum absolute atomic E-state index is 0.0469. The van der Waals surface area contributed by atoms with Gasteiger partial charge >= 0.3 is 4.87 Å². The van der Waals surface area contributed by atoms with E-state index >= 15 is 0 Å². The van der Waals surface area contributed by atoms with Gasteiger partial charge in [0.05, 0.1) is 12.7 Å². The average Bonchev–Trinajstić information content (AvgIpc) is 2.77. The van der Waals surface area contributed by atoms with Crippen LogP contribution in [0, 0.1) is 6.92 Å². The third-order valence-electron chi connectivity index (χ3n) is 3.20. The number of H-pyrrole nitrogens is 1. The number of sulfonamides is 1. The molecule has 0 saturated carbocycles. The van der Waals surface area contributed by atoms with Crippen LogP contribution in [0.3, 0.4) is 0 Å². The molecule has 1 saturated heterocycles. The highest BCUT2D eigenvalue weighted by atomic mass is 32.2. The van der Waals surface area contributed by atoms with Crippen molar-refractivity contribution in [1.82, 2.24) is 14.6 Å². The molecule has 0 bridgehead atoms. The Balaban J connectivity index is 1.99. The van der Waals surface area contributed by atoms with E-state index in [0.29, 0.717) is 30.2 Å². The second kappa shape index (κ2) is 6.35. The molecule has 2 N–H and O–H groups in total. The number of rotatable bonds is 5. The number of ether oxygens (including phenoxy) is 1. The first-order valence-electron chi connectivity index (χ1n) is 6.45. The van der Waals surface area contributed by atoms with Gasteiger partial charge in [-0.05, 0) is 13.5 Å². The molecule has 1 aliphatic heterocycles. The van der Waals surface area contributed by atoms with Crippen molar-refractivity contribution in [2.24, 2.45) is 0 Å². The van der Waals surface area contributed by atoms with Crippen LogP contribution in [0.5, 0.6) is 0 Å². The van der Waals surface area contributed by atoms with Crippen molar-refractivity contribution in [2.75, 3.05) is 32.8 Å². The van der Waals surface area contributed by atoms with E-state index in [9.17, 15) is 13.2 Å². The second-order valence-corrected chi connectivity index (χ2v) is 7.61. The summed E-state index contributed by atoms with van der Waals surface area (Å²) >= 11 is 0.700. The fourth-order valence-electron chi connectivity index (χ4n) is 2.11. The summed E-state index contributed by atoms with van der Waals surface area (Å²) in [5.74, 6) is 0. The Labute approximate surface area is 122 Å². The molecule has 0 amide bonds. The third-order valence-corrected chi connectivity index (χ3v) is 6.22. The molecule has 1 aromatic rings. The van der Waals surface area contributed by atoms with Gasteiger partial charge in [-0.3, -0.25) is 9.69 Å². The Morgan fingerprint density at radius 2 is 2.30 bits per heavy atom. The molecule has 7 nitrogen and oxygen atoms in total. The van der Waals surface area contributed by atoms with Gasteiger partial charge in [-0.25, -0.2) is 13.1 Å². The molecular weight excluding hydrogens is 302 g/mol. The third kappa shape index (κ3) is 3.67. The van der Waals surface area contributed by atoms with Gasteiger partial charge in [0.1, 0.15) is 0 Å². The largest absolute Gasteiger partial charge is 0.374 e. The van der Waals surface area contributed by atoms with E-state index in [-0.39, 0.29) is 21.7 Å². The highest BCUT2D eigenvalue weighted by Crippen LogP contribution is 2.15. The summed E-state index contributed by atoms with van der Waals surface area (Å²) in [6.07, 6.45) is -0.158. The maximum Gasteiger partial charge on any atom is 0.305 e. The summed E-state index contributed by atoms with van der Waals surface area (Å²) in [5.41, 5.74) is 0.368. The molecule has 0 radical (unpaired) electrons. The zero-order valence-electron chi connectivity index (χ0n) is 11.5. The summed E-state index contributed by atoms with van der Waals surface area (Å²) in [5, 5.41) is 0. The van der Waals surface area contributed by atoms with Crippen LogP contribution >= 0.6 is 11.3 Å². The zero-order chi connectivity index (χ0) is 14.8. The lowest BCUT2D eigenvalue weighted by Crippen LogP contribution is -2.47. The van der Waals surface area contributed by atoms with Crippen molar-refractivity contribution in [3.63, 3.8) is 0 Å². The molecule has 1 aromatic heterocycles. The Kier molecular flexibility index (Phi) is 4.97. The number of thiazole rings is 1. The average molecular weight is 321 g/mol.